The van der Waals surface area contributed by atoms with Crippen molar-refractivity contribution < 1.29 is 4.74 Å². The number of thioether (sulfide) groups is 1. The lowest BCUT2D eigenvalue weighted by Crippen LogP contribution is -2.30. The van der Waals surface area contributed by atoms with Crippen molar-refractivity contribution in [3.8, 4) is 6.07 Å². The fourth-order valence-electron chi connectivity index (χ4n) is 2.06. The molecule has 0 unspecified atom stereocenters. The monoisotopic (exact) mass is 232 g/mol. The van der Waals surface area contributed by atoms with Crippen LogP contribution in [0.1, 0.15) is 23.2 Å². The third kappa shape index (κ3) is 1.70. The van der Waals surface area contributed by atoms with Crippen molar-refractivity contribution in [2.24, 2.45) is 0 Å². The van der Waals surface area contributed by atoms with Gasteiger partial charge < -0.3 is 4.74 Å². The van der Waals surface area contributed by atoms with Gasteiger partial charge in [-0.1, -0.05) is 11.8 Å². The fraction of sp³-hybridized carbons (Fsp3) is 0.500. The normalized spacial score (nSPS) is 18.9. The molecule has 1 fully saturated rings. The summed E-state index contributed by atoms with van der Waals surface area (Å²) in [5.74, 6) is 0. The average molecular weight is 232 g/mol. The van der Waals surface area contributed by atoms with Crippen molar-refractivity contribution in [3.05, 3.63) is 22.9 Å². The molecule has 0 bridgehead atoms. The van der Waals surface area contributed by atoms with Crippen molar-refractivity contribution in [2.75, 3.05) is 13.2 Å². The highest BCUT2D eigenvalue weighted by Gasteiger charge is 2.23. The van der Waals surface area contributed by atoms with Crippen LogP contribution in [0.2, 0.25) is 0 Å². The van der Waals surface area contributed by atoms with Crippen LogP contribution < -0.4 is 0 Å². The number of fused-ring (bicyclic) bond motifs is 1. The van der Waals surface area contributed by atoms with Gasteiger partial charge in [-0.2, -0.15) is 5.26 Å². The van der Waals surface area contributed by atoms with Gasteiger partial charge in [0.25, 0.3) is 0 Å². The standard InChI is InChI=1S/C12H12N2OS/c13-5-9-4-8-2-1-3-11(8)14-12(9)16-10-6-15-7-10/h4,10H,1-3,6-7H2. The first-order valence-electron chi connectivity index (χ1n) is 5.54. The van der Waals surface area contributed by atoms with Crippen LogP contribution in [0.5, 0.6) is 0 Å². The van der Waals surface area contributed by atoms with E-state index < -0.39 is 0 Å². The van der Waals surface area contributed by atoms with Gasteiger partial charge in [0.2, 0.25) is 0 Å². The molecule has 0 aromatic carbocycles. The molecule has 1 aliphatic carbocycles. The number of pyridine rings is 1. The summed E-state index contributed by atoms with van der Waals surface area (Å²) in [5, 5.41) is 10.5. The Balaban J connectivity index is 1.93. The van der Waals surface area contributed by atoms with Crippen LogP contribution in [0.15, 0.2) is 11.1 Å². The lowest BCUT2D eigenvalue weighted by Gasteiger charge is -2.25. The zero-order chi connectivity index (χ0) is 11.0. The highest BCUT2D eigenvalue weighted by molar-refractivity contribution is 8.00. The van der Waals surface area contributed by atoms with Gasteiger partial charge in [0.1, 0.15) is 11.1 Å². The lowest BCUT2D eigenvalue weighted by molar-refractivity contribution is 0.0454. The number of aryl methyl sites for hydroxylation is 2. The molecule has 1 saturated heterocycles. The Hall–Kier alpha value is -1.05. The zero-order valence-electron chi connectivity index (χ0n) is 8.90. The van der Waals surface area contributed by atoms with Gasteiger partial charge in [-0.15, -0.1) is 0 Å². The molecule has 1 aliphatic heterocycles. The SMILES string of the molecule is N#Cc1cc2c(nc1SC1COC1)CCC2. The van der Waals surface area contributed by atoms with E-state index in [2.05, 4.69) is 11.1 Å². The third-order valence-corrected chi connectivity index (χ3v) is 4.16. The Labute approximate surface area is 98.8 Å². The average Bonchev–Trinajstić information content (AvgIpc) is 2.68. The Morgan fingerprint density at radius 1 is 1.44 bits per heavy atom. The summed E-state index contributed by atoms with van der Waals surface area (Å²) >= 11 is 1.69. The third-order valence-electron chi connectivity index (χ3n) is 3.02. The Kier molecular flexibility index (Phi) is 2.58. The van der Waals surface area contributed by atoms with Crippen LogP contribution in [0, 0.1) is 11.3 Å². The first kappa shape index (κ1) is 10.1. The first-order chi connectivity index (χ1) is 7.86. The van der Waals surface area contributed by atoms with Crippen LogP contribution in [0.25, 0.3) is 0 Å². The number of ether oxygens (including phenoxy) is 1. The summed E-state index contributed by atoms with van der Waals surface area (Å²) in [5.41, 5.74) is 3.20. The van der Waals surface area contributed by atoms with Gasteiger partial charge in [-0.3, -0.25) is 0 Å². The molecule has 0 saturated carbocycles. The molecule has 0 amide bonds. The maximum atomic E-state index is 9.12. The van der Waals surface area contributed by atoms with Gasteiger partial charge in [0, 0.05) is 5.69 Å². The molecule has 4 heteroatoms. The minimum absolute atomic E-state index is 0.485. The smallest absolute Gasteiger partial charge is 0.115 e. The number of rotatable bonds is 2. The summed E-state index contributed by atoms with van der Waals surface area (Å²) in [7, 11) is 0. The Bertz CT molecular complexity index is 463. The second-order valence-corrected chi connectivity index (χ2v) is 5.48. The summed E-state index contributed by atoms with van der Waals surface area (Å²) in [6, 6.07) is 4.28. The van der Waals surface area contributed by atoms with Crippen molar-refractivity contribution in [1.29, 1.82) is 5.26 Å². The van der Waals surface area contributed by atoms with Crippen molar-refractivity contribution in [2.45, 2.75) is 29.5 Å². The summed E-state index contributed by atoms with van der Waals surface area (Å²) < 4.78 is 5.14. The molecule has 0 atom stereocenters. The maximum absolute atomic E-state index is 9.12. The summed E-state index contributed by atoms with van der Waals surface area (Å²) in [6.07, 6.45) is 3.32. The molecule has 0 radical (unpaired) electrons. The molecular weight excluding hydrogens is 220 g/mol. The lowest BCUT2D eigenvalue weighted by atomic mass is 10.2. The van der Waals surface area contributed by atoms with E-state index in [4.69, 9.17) is 10.00 Å². The highest BCUT2D eigenvalue weighted by atomic mass is 32.2. The molecule has 82 valence electrons. The van der Waals surface area contributed by atoms with Crippen molar-refractivity contribution >= 4 is 11.8 Å². The molecule has 3 rings (SSSR count). The quantitative estimate of drug-likeness (QED) is 0.781. The summed E-state index contributed by atoms with van der Waals surface area (Å²) in [4.78, 5) is 4.63. The van der Waals surface area contributed by atoms with Gasteiger partial charge >= 0.3 is 0 Å². The molecular formula is C12H12N2OS. The van der Waals surface area contributed by atoms with E-state index in [0.717, 1.165) is 36.6 Å². The number of aromatic nitrogens is 1. The van der Waals surface area contributed by atoms with Crippen LogP contribution in [0.4, 0.5) is 0 Å². The molecule has 0 spiro atoms. The van der Waals surface area contributed by atoms with E-state index >= 15 is 0 Å². The van der Waals surface area contributed by atoms with E-state index in [1.54, 1.807) is 11.8 Å². The van der Waals surface area contributed by atoms with Crippen LogP contribution >= 0.6 is 11.8 Å². The van der Waals surface area contributed by atoms with E-state index in [0.29, 0.717) is 5.25 Å². The molecule has 16 heavy (non-hydrogen) atoms. The zero-order valence-corrected chi connectivity index (χ0v) is 9.72. The molecule has 1 aromatic rings. The number of hydrogen-bond donors (Lipinski definition) is 0. The largest absolute Gasteiger partial charge is 0.379 e. The van der Waals surface area contributed by atoms with E-state index in [1.807, 2.05) is 6.07 Å². The number of hydrogen-bond acceptors (Lipinski definition) is 4. The van der Waals surface area contributed by atoms with E-state index in [1.165, 1.54) is 17.7 Å². The molecule has 3 nitrogen and oxygen atoms in total. The predicted molar refractivity (Wildman–Crippen MR) is 61.4 cm³/mol. The Morgan fingerprint density at radius 2 is 2.31 bits per heavy atom. The number of nitrogens with zero attached hydrogens (tertiary/aromatic N) is 2. The molecule has 0 N–H and O–H groups in total. The molecule has 2 aliphatic rings. The van der Waals surface area contributed by atoms with E-state index in [-0.39, 0.29) is 0 Å². The van der Waals surface area contributed by atoms with Gasteiger partial charge in [-0.25, -0.2) is 4.98 Å². The van der Waals surface area contributed by atoms with Crippen molar-refractivity contribution in [1.82, 2.24) is 4.98 Å². The minimum Gasteiger partial charge on any atom is -0.379 e. The number of nitriles is 1. The maximum Gasteiger partial charge on any atom is 0.115 e. The molecule has 1 aromatic heterocycles. The predicted octanol–water partition coefficient (Wildman–Crippen LogP) is 1.93. The van der Waals surface area contributed by atoms with Crippen LogP contribution in [-0.2, 0) is 17.6 Å². The van der Waals surface area contributed by atoms with Gasteiger partial charge in [0.15, 0.2) is 0 Å². The highest BCUT2D eigenvalue weighted by Crippen LogP contribution is 2.32. The van der Waals surface area contributed by atoms with Crippen LogP contribution in [0.3, 0.4) is 0 Å². The fourth-order valence-corrected chi connectivity index (χ4v) is 3.10. The first-order valence-corrected chi connectivity index (χ1v) is 6.42. The topological polar surface area (TPSA) is 45.9 Å². The molecule has 2 heterocycles. The van der Waals surface area contributed by atoms with Gasteiger partial charge in [-0.05, 0) is 30.9 Å². The van der Waals surface area contributed by atoms with Gasteiger partial charge in [0.05, 0.1) is 24.0 Å². The van der Waals surface area contributed by atoms with Crippen molar-refractivity contribution in [3.63, 3.8) is 0 Å². The second kappa shape index (κ2) is 4.08. The second-order valence-electron chi connectivity index (χ2n) is 4.19. The Morgan fingerprint density at radius 3 is 3.00 bits per heavy atom. The van der Waals surface area contributed by atoms with Crippen LogP contribution in [-0.4, -0.2) is 23.4 Å². The summed E-state index contributed by atoms with van der Waals surface area (Å²) in [6.45, 7) is 1.57. The van der Waals surface area contributed by atoms with E-state index in [9.17, 15) is 0 Å². The minimum atomic E-state index is 0.485.